The van der Waals surface area contributed by atoms with Gasteiger partial charge in [0.05, 0.1) is 0 Å². The Kier molecular flexibility index (Phi) is 9.19. The van der Waals surface area contributed by atoms with E-state index in [9.17, 15) is 0 Å². The molecule has 1 nitrogen and oxygen atoms in total. The predicted octanol–water partition coefficient (Wildman–Crippen LogP) is 5.33. The zero-order valence-corrected chi connectivity index (χ0v) is 14.0. The minimum Gasteiger partial charge on any atom is -0.317 e. The van der Waals surface area contributed by atoms with Crippen molar-refractivity contribution in [2.45, 2.75) is 64.3 Å². The monoisotopic (exact) mass is 325 g/mol. The first-order valence-corrected chi connectivity index (χ1v) is 8.47. The van der Waals surface area contributed by atoms with Gasteiger partial charge in [-0.15, -0.1) is 0 Å². The fourth-order valence-corrected chi connectivity index (χ4v) is 2.69. The van der Waals surface area contributed by atoms with Gasteiger partial charge in [-0.1, -0.05) is 73.5 Å². The Morgan fingerprint density at radius 1 is 1.00 bits per heavy atom. The summed E-state index contributed by atoms with van der Waals surface area (Å²) in [6.07, 6.45) is 10.7. The molecular formula is C17H28BrN. The average molecular weight is 326 g/mol. The molecule has 0 aliphatic rings. The van der Waals surface area contributed by atoms with Gasteiger partial charge in [0.25, 0.3) is 0 Å². The van der Waals surface area contributed by atoms with Gasteiger partial charge in [-0.05, 0) is 37.6 Å². The lowest BCUT2D eigenvalue weighted by molar-refractivity contribution is 0.480. The molecule has 0 spiro atoms. The summed E-state index contributed by atoms with van der Waals surface area (Å²) in [4.78, 5) is 0. The number of rotatable bonds is 10. The van der Waals surface area contributed by atoms with E-state index in [-0.39, 0.29) is 0 Å². The highest BCUT2D eigenvalue weighted by molar-refractivity contribution is 9.10. The van der Waals surface area contributed by atoms with Crippen LogP contribution in [0.3, 0.4) is 0 Å². The molecule has 0 radical (unpaired) electrons. The number of likely N-dealkylation sites (N-methyl/N-ethyl adjacent to an activating group) is 1. The molecule has 1 rings (SSSR count). The molecule has 0 fully saturated rings. The standard InChI is InChI=1S/C17H28BrN/c1-3-4-5-6-7-8-9-17(19-2)14-15-10-12-16(18)13-11-15/h10-13,17,19H,3-9,14H2,1-2H3. The van der Waals surface area contributed by atoms with Gasteiger partial charge < -0.3 is 5.32 Å². The van der Waals surface area contributed by atoms with Crippen molar-refractivity contribution in [3.05, 3.63) is 34.3 Å². The number of unbranched alkanes of at least 4 members (excludes halogenated alkanes) is 5. The summed E-state index contributed by atoms with van der Waals surface area (Å²) >= 11 is 3.48. The highest BCUT2D eigenvalue weighted by atomic mass is 79.9. The van der Waals surface area contributed by atoms with Crippen molar-refractivity contribution >= 4 is 15.9 Å². The molecule has 1 unspecified atom stereocenters. The fourth-order valence-electron chi connectivity index (χ4n) is 2.42. The van der Waals surface area contributed by atoms with Gasteiger partial charge in [-0.3, -0.25) is 0 Å². The smallest absolute Gasteiger partial charge is 0.0175 e. The maximum atomic E-state index is 3.48. The molecule has 0 heterocycles. The Morgan fingerprint density at radius 3 is 2.26 bits per heavy atom. The summed E-state index contributed by atoms with van der Waals surface area (Å²) in [5.41, 5.74) is 1.42. The number of nitrogens with one attached hydrogen (secondary N) is 1. The molecule has 0 amide bonds. The predicted molar refractivity (Wildman–Crippen MR) is 88.7 cm³/mol. The quantitative estimate of drug-likeness (QED) is 0.573. The Morgan fingerprint density at radius 2 is 1.63 bits per heavy atom. The van der Waals surface area contributed by atoms with Crippen molar-refractivity contribution in [1.82, 2.24) is 5.32 Å². The normalized spacial score (nSPS) is 12.6. The van der Waals surface area contributed by atoms with E-state index in [1.807, 2.05) is 0 Å². The number of hydrogen-bond donors (Lipinski definition) is 1. The first-order chi connectivity index (χ1) is 9.26. The van der Waals surface area contributed by atoms with Gasteiger partial charge in [-0.25, -0.2) is 0 Å². The van der Waals surface area contributed by atoms with Crippen molar-refractivity contribution in [3.8, 4) is 0 Å². The number of halogens is 1. The minimum atomic E-state index is 0.618. The van der Waals surface area contributed by atoms with Crippen LogP contribution in [-0.4, -0.2) is 13.1 Å². The van der Waals surface area contributed by atoms with Gasteiger partial charge in [0.1, 0.15) is 0 Å². The summed E-state index contributed by atoms with van der Waals surface area (Å²) in [6.45, 7) is 2.27. The van der Waals surface area contributed by atoms with E-state index in [4.69, 9.17) is 0 Å². The van der Waals surface area contributed by atoms with Crippen LogP contribution in [0.5, 0.6) is 0 Å². The van der Waals surface area contributed by atoms with Crippen LogP contribution in [0, 0.1) is 0 Å². The number of benzene rings is 1. The molecule has 1 aromatic rings. The van der Waals surface area contributed by atoms with E-state index in [0.717, 1.165) is 10.9 Å². The molecule has 0 saturated heterocycles. The van der Waals surface area contributed by atoms with Crippen LogP contribution < -0.4 is 5.32 Å². The lowest BCUT2D eigenvalue weighted by Gasteiger charge is -2.16. The van der Waals surface area contributed by atoms with Gasteiger partial charge in [0.2, 0.25) is 0 Å². The van der Waals surface area contributed by atoms with Crippen LogP contribution in [0.15, 0.2) is 28.7 Å². The van der Waals surface area contributed by atoms with Crippen LogP contribution in [0.4, 0.5) is 0 Å². The molecule has 1 N–H and O–H groups in total. The van der Waals surface area contributed by atoms with E-state index < -0.39 is 0 Å². The van der Waals surface area contributed by atoms with Gasteiger partial charge in [0, 0.05) is 10.5 Å². The highest BCUT2D eigenvalue weighted by Gasteiger charge is 2.06. The Bertz CT molecular complexity index is 321. The van der Waals surface area contributed by atoms with Crippen LogP contribution >= 0.6 is 15.9 Å². The second-order valence-corrected chi connectivity index (χ2v) is 6.29. The summed E-state index contributed by atoms with van der Waals surface area (Å²) < 4.78 is 1.16. The van der Waals surface area contributed by atoms with Gasteiger partial charge in [-0.2, -0.15) is 0 Å². The van der Waals surface area contributed by atoms with Crippen LogP contribution in [0.1, 0.15) is 57.4 Å². The molecule has 0 aliphatic carbocycles. The van der Waals surface area contributed by atoms with Crippen LogP contribution in [0.25, 0.3) is 0 Å². The maximum Gasteiger partial charge on any atom is 0.0175 e. The lowest BCUT2D eigenvalue weighted by atomic mass is 10.00. The average Bonchev–Trinajstić information content (AvgIpc) is 2.43. The van der Waals surface area contributed by atoms with Crippen LogP contribution in [0.2, 0.25) is 0 Å². The van der Waals surface area contributed by atoms with Gasteiger partial charge in [0.15, 0.2) is 0 Å². The zero-order valence-electron chi connectivity index (χ0n) is 12.4. The SMILES string of the molecule is CCCCCCCCC(Cc1ccc(Br)cc1)NC. The first kappa shape index (κ1) is 16.7. The van der Waals surface area contributed by atoms with E-state index in [1.54, 1.807) is 0 Å². The van der Waals surface area contributed by atoms with E-state index in [0.29, 0.717) is 6.04 Å². The zero-order chi connectivity index (χ0) is 13.9. The van der Waals surface area contributed by atoms with E-state index >= 15 is 0 Å². The summed E-state index contributed by atoms with van der Waals surface area (Å²) in [5.74, 6) is 0. The molecule has 108 valence electrons. The largest absolute Gasteiger partial charge is 0.317 e. The molecule has 1 atom stereocenters. The summed E-state index contributed by atoms with van der Waals surface area (Å²) in [7, 11) is 2.08. The van der Waals surface area contributed by atoms with E-state index in [2.05, 4.69) is 59.5 Å². The highest BCUT2D eigenvalue weighted by Crippen LogP contribution is 2.14. The van der Waals surface area contributed by atoms with E-state index in [1.165, 1.54) is 50.5 Å². The topological polar surface area (TPSA) is 12.0 Å². The summed E-state index contributed by atoms with van der Waals surface area (Å²) in [6, 6.07) is 9.32. The maximum absolute atomic E-state index is 3.48. The van der Waals surface area contributed by atoms with Crippen molar-refractivity contribution in [3.63, 3.8) is 0 Å². The summed E-state index contributed by atoms with van der Waals surface area (Å²) in [5, 5.41) is 3.46. The molecule has 2 heteroatoms. The molecule has 1 aromatic carbocycles. The minimum absolute atomic E-state index is 0.618. The third-order valence-corrected chi connectivity index (χ3v) is 4.24. The van der Waals surface area contributed by atoms with Gasteiger partial charge >= 0.3 is 0 Å². The Hall–Kier alpha value is -0.340. The molecule has 0 bridgehead atoms. The van der Waals surface area contributed by atoms with Crippen molar-refractivity contribution in [1.29, 1.82) is 0 Å². The third kappa shape index (κ3) is 7.74. The fraction of sp³-hybridized carbons (Fsp3) is 0.647. The second kappa shape index (κ2) is 10.4. The molecule has 0 aliphatic heterocycles. The molecule has 0 aromatic heterocycles. The third-order valence-electron chi connectivity index (χ3n) is 3.71. The lowest BCUT2D eigenvalue weighted by Crippen LogP contribution is -2.27. The second-order valence-electron chi connectivity index (χ2n) is 5.37. The molecule has 0 saturated carbocycles. The Balaban J connectivity index is 2.20. The Labute approximate surface area is 127 Å². The van der Waals surface area contributed by atoms with Crippen molar-refractivity contribution in [2.24, 2.45) is 0 Å². The number of hydrogen-bond acceptors (Lipinski definition) is 1. The molecular weight excluding hydrogens is 298 g/mol. The van der Waals surface area contributed by atoms with Crippen LogP contribution in [-0.2, 0) is 6.42 Å². The first-order valence-electron chi connectivity index (χ1n) is 7.68. The van der Waals surface area contributed by atoms with Crippen molar-refractivity contribution in [2.75, 3.05) is 7.05 Å². The van der Waals surface area contributed by atoms with Crippen molar-refractivity contribution < 1.29 is 0 Å². The molecule has 19 heavy (non-hydrogen) atoms.